The molecule has 4 heteroatoms. The van der Waals surface area contributed by atoms with Gasteiger partial charge in [-0.3, -0.25) is 4.90 Å². The highest BCUT2D eigenvalue weighted by atomic mass is 32.1. The second-order valence-electron chi connectivity index (χ2n) is 3.75. The van der Waals surface area contributed by atoms with E-state index in [1.54, 1.807) is 11.3 Å². The molecule has 1 aliphatic rings. The van der Waals surface area contributed by atoms with Crippen LogP contribution in [0.3, 0.4) is 0 Å². The van der Waals surface area contributed by atoms with Crippen LogP contribution in [0.15, 0.2) is 5.38 Å². The van der Waals surface area contributed by atoms with Gasteiger partial charge in [0.2, 0.25) is 0 Å². The lowest BCUT2D eigenvalue weighted by molar-refractivity contribution is 0.327. The average Bonchev–Trinajstić information content (AvgIpc) is 2.79. The number of thiazole rings is 1. The summed E-state index contributed by atoms with van der Waals surface area (Å²) in [6.07, 6.45) is 3.62. The van der Waals surface area contributed by atoms with Crippen molar-refractivity contribution in [2.45, 2.75) is 25.8 Å². The molecule has 3 nitrogen and oxygen atoms in total. The Balaban J connectivity index is 1.88. The third kappa shape index (κ3) is 2.53. The molecule has 1 aromatic rings. The zero-order chi connectivity index (χ0) is 9.80. The Kier molecular flexibility index (Phi) is 3.50. The van der Waals surface area contributed by atoms with Gasteiger partial charge in [0.25, 0.3) is 0 Å². The highest BCUT2D eigenvalue weighted by Crippen LogP contribution is 2.15. The van der Waals surface area contributed by atoms with Gasteiger partial charge in [-0.15, -0.1) is 11.3 Å². The van der Waals surface area contributed by atoms with Gasteiger partial charge in [-0.05, 0) is 32.5 Å². The second kappa shape index (κ2) is 4.87. The Bertz CT molecular complexity index is 279. The first-order chi connectivity index (χ1) is 6.88. The van der Waals surface area contributed by atoms with Crippen molar-refractivity contribution < 1.29 is 0 Å². The van der Waals surface area contributed by atoms with Gasteiger partial charge in [-0.2, -0.15) is 0 Å². The maximum absolute atomic E-state index is 5.49. The lowest BCUT2D eigenvalue weighted by Crippen LogP contribution is -2.18. The molecule has 1 aromatic heterocycles. The van der Waals surface area contributed by atoms with Gasteiger partial charge in [0.15, 0.2) is 0 Å². The minimum Gasteiger partial charge on any atom is -0.330 e. The SMILES string of the molecule is NCCc1nc(CN2CCCC2)cs1. The van der Waals surface area contributed by atoms with Gasteiger partial charge in [0, 0.05) is 18.3 Å². The largest absolute Gasteiger partial charge is 0.330 e. The van der Waals surface area contributed by atoms with E-state index >= 15 is 0 Å². The lowest BCUT2D eigenvalue weighted by atomic mass is 10.4. The topological polar surface area (TPSA) is 42.1 Å². The molecule has 1 aliphatic heterocycles. The van der Waals surface area contributed by atoms with Crippen molar-refractivity contribution in [3.63, 3.8) is 0 Å². The normalized spacial score (nSPS) is 17.8. The molecule has 0 atom stereocenters. The van der Waals surface area contributed by atoms with Crippen LogP contribution >= 0.6 is 11.3 Å². The fraction of sp³-hybridized carbons (Fsp3) is 0.700. The lowest BCUT2D eigenvalue weighted by Gasteiger charge is -2.11. The van der Waals surface area contributed by atoms with Crippen LogP contribution in [0.25, 0.3) is 0 Å². The maximum atomic E-state index is 5.49. The van der Waals surface area contributed by atoms with E-state index in [2.05, 4.69) is 15.3 Å². The van der Waals surface area contributed by atoms with Crippen LogP contribution in [-0.2, 0) is 13.0 Å². The van der Waals surface area contributed by atoms with Crippen molar-refractivity contribution in [2.75, 3.05) is 19.6 Å². The summed E-state index contributed by atoms with van der Waals surface area (Å²) in [6, 6.07) is 0. The summed E-state index contributed by atoms with van der Waals surface area (Å²) in [5.41, 5.74) is 6.71. The predicted molar refractivity (Wildman–Crippen MR) is 59.4 cm³/mol. The first-order valence-electron chi connectivity index (χ1n) is 5.24. The molecule has 0 amide bonds. The Morgan fingerprint density at radius 1 is 1.43 bits per heavy atom. The molecule has 1 fully saturated rings. The van der Waals surface area contributed by atoms with Gasteiger partial charge >= 0.3 is 0 Å². The van der Waals surface area contributed by atoms with Crippen molar-refractivity contribution in [3.8, 4) is 0 Å². The maximum Gasteiger partial charge on any atom is 0.0941 e. The van der Waals surface area contributed by atoms with E-state index in [1.165, 1.54) is 36.6 Å². The third-order valence-electron chi connectivity index (χ3n) is 2.54. The first kappa shape index (κ1) is 10.1. The average molecular weight is 211 g/mol. The van der Waals surface area contributed by atoms with Crippen molar-refractivity contribution in [1.82, 2.24) is 9.88 Å². The highest BCUT2D eigenvalue weighted by molar-refractivity contribution is 7.09. The number of nitrogens with zero attached hydrogens (tertiary/aromatic N) is 2. The zero-order valence-electron chi connectivity index (χ0n) is 8.41. The Hall–Kier alpha value is -0.450. The summed E-state index contributed by atoms with van der Waals surface area (Å²) in [5, 5.41) is 3.35. The Morgan fingerprint density at radius 3 is 2.93 bits per heavy atom. The number of hydrogen-bond acceptors (Lipinski definition) is 4. The molecule has 0 radical (unpaired) electrons. The molecule has 2 heterocycles. The van der Waals surface area contributed by atoms with Crippen molar-refractivity contribution in [3.05, 3.63) is 16.1 Å². The van der Waals surface area contributed by atoms with E-state index in [9.17, 15) is 0 Å². The van der Waals surface area contributed by atoms with Gasteiger partial charge in [-0.25, -0.2) is 4.98 Å². The summed E-state index contributed by atoms with van der Waals surface area (Å²) in [5.74, 6) is 0. The van der Waals surface area contributed by atoms with E-state index in [1.807, 2.05) is 0 Å². The van der Waals surface area contributed by atoms with Crippen molar-refractivity contribution in [1.29, 1.82) is 0 Å². The molecule has 78 valence electrons. The van der Waals surface area contributed by atoms with Gasteiger partial charge < -0.3 is 5.73 Å². The standard InChI is InChI=1S/C10H17N3S/c11-4-3-10-12-9(8-14-10)7-13-5-1-2-6-13/h8H,1-7,11H2. The zero-order valence-corrected chi connectivity index (χ0v) is 9.22. The summed E-state index contributed by atoms with van der Waals surface area (Å²) in [6.45, 7) is 4.21. The Morgan fingerprint density at radius 2 is 2.21 bits per heavy atom. The quantitative estimate of drug-likeness (QED) is 0.815. The first-order valence-corrected chi connectivity index (χ1v) is 6.12. The highest BCUT2D eigenvalue weighted by Gasteiger charge is 2.13. The van der Waals surface area contributed by atoms with E-state index in [0.717, 1.165) is 13.0 Å². The fourth-order valence-corrected chi connectivity index (χ4v) is 2.63. The predicted octanol–water partition coefficient (Wildman–Crippen LogP) is 1.24. The monoisotopic (exact) mass is 211 g/mol. The van der Waals surface area contributed by atoms with Crippen LogP contribution in [0.1, 0.15) is 23.5 Å². The molecule has 0 spiro atoms. The summed E-state index contributed by atoms with van der Waals surface area (Å²) < 4.78 is 0. The van der Waals surface area contributed by atoms with E-state index in [-0.39, 0.29) is 0 Å². The van der Waals surface area contributed by atoms with Crippen LogP contribution in [0.2, 0.25) is 0 Å². The van der Waals surface area contributed by atoms with E-state index < -0.39 is 0 Å². The van der Waals surface area contributed by atoms with Crippen LogP contribution in [0.5, 0.6) is 0 Å². The van der Waals surface area contributed by atoms with Crippen molar-refractivity contribution >= 4 is 11.3 Å². The summed E-state index contributed by atoms with van der Waals surface area (Å²) in [4.78, 5) is 7.03. The molecule has 0 unspecified atom stereocenters. The summed E-state index contributed by atoms with van der Waals surface area (Å²) in [7, 11) is 0. The number of aromatic nitrogens is 1. The molecule has 0 bridgehead atoms. The van der Waals surface area contributed by atoms with Crippen LogP contribution in [0.4, 0.5) is 0 Å². The fourth-order valence-electron chi connectivity index (χ4n) is 1.83. The van der Waals surface area contributed by atoms with E-state index in [4.69, 9.17) is 5.73 Å². The van der Waals surface area contributed by atoms with Crippen LogP contribution in [0, 0.1) is 0 Å². The molecular weight excluding hydrogens is 194 g/mol. The van der Waals surface area contributed by atoms with Crippen molar-refractivity contribution in [2.24, 2.45) is 5.73 Å². The molecule has 14 heavy (non-hydrogen) atoms. The van der Waals surface area contributed by atoms with Gasteiger partial charge in [0.1, 0.15) is 0 Å². The minimum absolute atomic E-state index is 0.705. The molecule has 2 N–H and O–H groups in total. The number of likely N-dealkylation sites (tertiary alicyclic amines) is 1. The number of rotatable bonds is 4. The third-order valence-corrected chi connectivity index (χ3v) is 3.50. The second-order valence-corrected chi connectivity index (χ2v) is 4.70. The molecule has 2 rings (SSSR count). The van der Waals surface area contributed by atoms with Gasteiger partial charge in [-0.1, -0.05) is 0 Å². The molecule has 0 aromatic carbocycles. The molecule has 0 saturated carbocycles. The molecular formula is C10H17N3S. The van der Waals surface area contributed by atoms with Crippen LogP contribution < -0.4 is 5.73 Å². The summed E-state index contributed by atoms with van der Waals surface area (Å²) >= 11 is 1.74. The number of hydrogen-bond donors (Lipinski definition) is 1. The molecule has 1 saturated heterocycles. The smallest absolute Gasteiger partial charge is 0.0941 e. The Labute approximate surface area is 88.9 Å². The van der Waals surface area contributed by atoms with Crippen LogP contribution in [-0.4, -0.2) is 29.5 Å². The van der Waals surface area contributed by atoms with E-state index in [0.29, 0.717) is 6.54 Å². The van der Waals surface area contributed by atoms with Gasteiger partial charge in [0.05, 0.1) is 10.7 Å². The molecule has 0 aliphatic carbocycles. The minimum atomic E-state index is 0.705. The number of nitrogens with two attached hydrogens (primary N) is 1.